The van der Waals surface area contributed by atoms with E-state index in [0.717, 1.165) is 55.4 Å². The number of nitrogens with zero attached hydrogens (tertiary/aromatic N) is 2. The highest BCUT2D eigenvalue weighted by atomic mass is 16.7. The van der Waals surface area contributed by atoms with E-state index in [4.69, 9.17) is 14.2 Å². The van der Waals surface area contributed by atoms with Crippen molar-refractivity contribution in [2.24, 2.45) is 0 Å². The Bertz CT molecular complexity index is 1030. The maximum Gasteiger partial charge on any atom is 0.231 e. The maximum absolute atomic E-state index is 10.5. The van der Waals surface area contributed by atoms with Crippen LogP contribution in [-0.2, 0) is 6.54 Å². The lowest BCUT2D eigenvalue weighted by atomic mass is 10.1. The van der Waals surface area contributed by atoms with E-state index in [1.807, 2.05) is 30.3 Å². The number of aliphatic hydroxyl groups excluding tert-OH is 1. The molecule has 3 aromatic carbocycles. The first-order valence-corrected chi connectivity index (χ1v) is 10.9. The van der Waals surface area contributed by atoms with Gasteiger partial charge in [-0.25, -0.2) is 0 Å². The fourth-order valence-corrected chi connectivity index (χ4v) is 4.23. The number of aliphatic hydroxyl groups is 1. The summed E-state index contributed by atoms with van der Waals surface area (Å²) in [4.78, 5) is 4.75. The lowest BCUT2D eigenvalue weighted by Gasteiger charge is -2.35. The van der Waals surface area contributed by atoms with E-state index in [2.05, 4.69) is 40.1 Å². The number of fused-ring (bicyclic) bond motifs is 2. The molecule has 1 atom stereocenters. The third-order valence-electron chi connectivity index (χ3n) is 5.94. The predicted molar refractivity (Wildman–Crippen MR) is 120 cm³/mol. The first-order chi connectivity index (χ1) is 15.2. The van der Waals surface area contributed by atoms with Crippen molar-refractivity contribution in [3.05, 3.63) is 66.2 Å². The van der Waals surface area contributed by atoms with Crippen molar-refractivity contribution in [3.8, 4) is 17.2 Å². The highest BCUT2D eigenvalue weighted by Crippen LogP contribution is 2.32. The Morgan fingerprint density at radius 2 is 1.61 bits per heavy atom. The van der Waals surface area contributed by atoms with Crippen molar-refractivity contribution >= 4 is 10.8 Å². The molecule has 0 amide bonds. The lowest BCUT2D eigenvalue weighted by Crippen LogP contribution is -2.48. The van der Waals surface area contributed by atoms with Crippen molar-refractivity contribution < 1.29 is 19.3 Å². The van der Waals surface area contributed by atoms with Gasteiger partial charge in [0.2, 0.25) is 6.79 Å². The minimum absolute atomic E-state index is 0.301. The van der Waals surface area contributed by atoms with Crippen LogP contribution in [0.3, 0.4) is 0 Å². The number of benzene rings is 3. The van der Waals surface area contributed by atoms with Crippen molar-refractivity contribution in [2.45, 2.75) is 12.6 Å². The standard InChI is InChI=1S/C25H28N2O4/c28-22(17-29-23-7-6-20-3-1-2-4-21(20)14-23)16-27-11-9-26(10-12-27)15-19-5-8-24-25(13-19)31-18-30-24/h1-8,13-14,22,28H,9-12,15-18H2. The molecule has 0 bridgehead atoms. The van der Waals surface area contributed by atoms with Gasteiger partial charge in [-0.1, -0.05) is 36.4 Å². The van der Waals surface area contributed by atoms with E-state index < -0.39 is 6.10 Å². The van der Waals surface area contributed by atoms with Crippen molar-refractivity contribution in [1.82, 2.24) is 9.80 Å². The van der Waals surface area contributed by atoms with E-state index in [0.29, 0.717) is 19.9 Å². The molecule has 1 unspecified atom stereocenters. The molecule has 1 saturated heterocycles. The van der Waals surface area contributed by atoms with Crippen LogP contribution in [0.4, 0.5) is 0 Å². The molecule has 5 rings (SSSR count). The quantitative estimate of drug-likeness (QED) is 0.634. The Kier molecular flexibility index (Phi) is 5.93. The van der Waals surface area contributed by atoms with Gasteiger partial charge in [0.05, 0.1) is 0 Å². The Morgan fingerprint density at radius 1 is 0.839 bits per heavy atom. The molecular formula is C25H28N2O4. The second kappa shape index (κ2) is 9.14. The molecule has 31 heavy (non-hydrogen) atoms. The molecule has 2 aliphatic rings. The Labute approximate surface area is 182 Å². The average molecular weight is 421 g/mol. The molecule has 2 heterocycles. The topological polar surface area (TPSA) is 54.4 Å². The van der Waals surface area contributed by atoms with Crippen LogP contribution < -0.4 is 14.2 Å². The van der Waals surface area contributed by atoms with Gasteiger partial charge in [-0.2, -0.15) is 0 Å². The van der Waals surface area contributed by atoms with Crippen molar-refractivity contribution in [3.63, 3.8) is 0 Å². The second-order valence-electron chi connectivity index (χ2n) is 8.24. The first kappa shape index (κ1) is 20.1. The number of β-amino-alcohol motifs (C(OH)–C–C–N with tert-alkyl or cyclic N) is 1. The van der Waals surface area contributed by atoms with Gasteiger partial charge in [-0.15, -0.1) is 0 Å². The summed E-state index contributed by atoms with van der Waals surface area (Å²) in [5, 5.41) is 12.8. The van der Waals surface area contributed by atoms with Gasteiger partial charge in [-0.05, 0) is 40.6 Å². The molecule has 0 aliphatic carbocycles. The number of rotatable bonds is 7. The SMILES string of the molecule is OC(COc1ccc2ccccc2c1)CN1CCN(Cc2ccc3c(c2)OCO3)CC1. The van der Waals surface area contributed by atoms with Gasteiger partial charge in [0.1, 0.15) is 18.5 Å². The van der Waals surface area contributed by atoms with Crippen LogP contribution >= 0.6 is 0 Å². The van der Waals surface area contributed by atoms with Crippen LogP contribution in [0.2, 0.25) is 0 Å². The normalized spacial score (nSPS) is 17.7. The molecule has 0 aromatic heterocycles. The summed E-state index contributed by atoms with van der Waals surface area (Å²) >= 11 is 0. The molecule has 3 aromatic rings. The first-order valence-electron chi connectivity index (χ1n) is 10.9. The van der Waals surface area contributed by atoms with Crippen LogP contribution in [-0.4, -0.2) is 67.1 Å². The summed E-state index contributed by atoms with van der Waals surface area (Å²) in [6, 6.07) is 20.4. The molecule has 0 spiro atoms. The van der Waals surface area contributed by atoms with Crippen LogP contribution in [0.1, 0.15) is 5.56 Å². The van der Waals surface area contributed by atoms with Gasteiger partial charge in [0, 0.05) is 39.3 Å². The summed E-state index contributed by atoms with van der Waals surface area (Å²) < 4.78 is 16.7. The molecule has 1 fully saturated rings. The highest BCUT2D eigenvalue weighted by Gasteiger charge is 2.21. The van der Waals surface area contributed by atoms with Gasteiger partial charge < -0.3 is 19.3 Å². The van der Waals surface area contributed by atoms with E-state index >= 15 is 0 Å². The summed E-state index contributed by atoms with van der Waals surface area (Å²) in [6.07, 6.45) is -0.508. The lowest BCUT2D eigenvalue weighted by molar-refractivity contribution is 0.0446. The molecular weight excluding hydrogens is 392 g/mol. The van der Waals surface area contributed by atoms with E-state index in [1.165, 1.54) is 10.9 Å². The van der Waals surface area contributed by atoms with Crippen molar-refractivity contribution in [1.29, 1.82) is 0 Å². The maximum atomic E-state index is 10.5. The minimum Gasteiger partial charge on any atom is -0.491 e. The number of hydrogen-bond donors (Lipinski definition) is 1. The summed E-state index contributed by atoms with van der Waals surface area (Å²) in [7, 11) is 0. The zero-order valence-electron chi connectivity index (χ0n) is 17.6. The molecule has 1 N–H and O–H groups in total. The molecule has 6 heteroatoms. The van der Waals surface area contributed by atoms with Crippen LogP contribution in [0.25, 0.3) is 10.8 Å². The smallest absolute Gasteiger partial charge is 0.231 e. The average Bonchev–Trinajstić information content (AvgIpc) is 3.27. The third-order valence-corrected chi connectivity index (χ3v) is 5.94. The Hall–Kier alpha value is -2.80. The fraction of sp³-hybridized carbons (Fsp3) is 0.360. The van der Waals surface area contributed by atoms with Gasteiger partial charge in [0.15, 0.2) is 11.5 Å². The minimum atomic E-state index is -0.508. The highest BCUT2D eigenvalue weighted by molar-refractivity contribution is 5.83. The summed E-state index contributed by atoms with van der Waals surface area (Å²) in [6.45, 7) is 5.98. The Balaban J connectivity index is 1.06. The molecule has 6 nitrogen and oxygen atoms in total. The largest absolute Gasteiger partial charge is 0.491 e. The van der Waals surface area contributed by atoms with Crippen LogP contribution in [0.15, 0.2) is 60.7 Å². The zero-order chi connectivity index (χ0) is 21.0. The third kappa shape index (κ3) is 4.93. The zero-order valence-corrected chi connectivity index (χ0v) is 17.6. The van der Waals surface area contributed by atoms with Crippen LogP contribution in [0.5, 0.6) is 17.2 Å². The number of ether oxygens (including phenoxy) is 3. The van der Waals surface area contributed by atoms with E-state index in [9.17, 15) is 5.11 Å². The summed E-state index contributed by atoms with van der Waals surface area (Å²) in [5.41, 5.74) is 1.24. The van der Waals surface area contributed by atoms with Gasteiger partial charge >= 0.3 is 0 Å². The summed E-state index contributed by atoms with van der Waals surface area (Å²) in [5.74, 6) is 2.46. The molecule has 162 valence electrons. The predicted octanol–water partition coefficient (Wildman–Crippen LogP) is 3.13. The Morgan fingerprint density at radius 3 is 2.48 bits per heavy atom. The number of hydrogen-bond acceptors (Lipinski definition) is 6. The monoisotopic (exact) mass is 420 g/mol. The van der Waals surface area contributed by atoms with E-state index in [1.54, 1.807) is 0 Å². The molecule has 0 radical (unpaired) electrons. The van der Waals surface area contributed by atoms with Gasteiger partial charge in [0.25, 0.3) is 0 Å². The second-order valence-corrected chi connectivity index (χ2v) is 8.24. The van der Waals surface area contributed by atoms with Gasteiger partial charge in [-0.3, -0.25) is 9.80 Å². The van der Waals surface area contributed by atoms with Crippen molar-refractivity contribution in [2.75, 3.05) is 46.1 Å². The number of piperazine rings is 1. The van der Waals surface area contributed by atoms with Crippen LogP contribution in [0, 0.1) is 0 Å². The fourth-order valence-electron chi connectivity index (χ4n) is 4.23. The molecule has 2 aliphatic heterocycles. The van der Waals surface area contributed by atoms with E-state index in [-0.39, 0.29) is 0 Å². The molecule has 0 saturated carbocycles.